The number of benzene rings is 3. The Kier molecular flexibility index (Phi) is 16.6. The van der Waals surface area contributed by atoms with Crippen LogP contribution in [0.3, 0.4) is 0 Å². The van der Waals surface area contributed by atoms with Gasteiger partial charge < -0.3 is 47.4 Å². The van der Waals surface area contributed by atoms with Crippen LogP contribution in [0, 0.1) is 0 Å². The third-order valence-electron chi connectivity index (χ3n) is 8.97. The van der Waals surface area contributed by atoms with Crippen LogP contribution in [0.2, 0.25) is 0 Å². The SMILES string of the molecule is C=CCO[C@H]1O[C@H](COCc2ccccc2)[C@@H](O[C@@H]2O[C@@H](C(=O)OC)[C@@H](OC(C)=O)[C@H](OCc3ccccc3)[C@H]2OC(C)=O)[C@H](OCc2ccccc2)[C@H]1N=[N+]=[N-]. The Balaban J connectivity index is 1.57. The quantitative estimate of drug-likeness (QED) is 0.0388. The smallest absolute Gasteiger partial charge is 0.339 e. The van der Waals surface area contributed by atoms with E-state index in [9.17, 15) is 19.9 Å². The number of esters is 3. The summed E-state index contributed by atoms with van der Waals surface area (Å²) in [6.45, 7) is 6.18. The van der Waals surface area contributed by atoms with Crippen molar-refractivity contribution in [3.8, 4) is 0 Å². The van der Waals surface area contributed by atoms with Gasteiger partial charge in [-0.2, -0.15) is 0 Å². The number of azide groups is 1. The second kappa shape index (κ2) is 22.0. The van der Waals surface area contributed by atoms with Gasteiger partial charge in [0.25, 0.3) is 0 Å². The molecule has 0 bridgehead atoms. The summed E-state index contributed by atoms with van der Waals surface area (Å²) in [5.41, 5.74) is 12.2. The molecule has 2 saturated heterocycles. The van der Waals surface area contributed by atoms with Crippen LogP contribution >= 0.6 is 0 Å². The first kappa shape index (κ1) is 43.0. The molecule has 2 fully saturated rings. The minimum Gasteiger partial charge on any atom is -0.467 e. The number of methoxy groups -OCH3 is 1. The van der Waals surface area contributed by atoms with Crippen LogP contribution < -0.4 is 0 Å². The van der Waals surface area contributed by atoms with E-state index in [1.165, 1.54) is 13.0 Å². The fourth-order valence-electron chi connectivity index (χ4n) is 6.47. The number of carbonyl (C=O) groups is 3. The molecule has 2 aliphatic heterocycles. The Labute approximate surface area is 330 Å². The molecule has 0 spiro atoms. The van der Waals surface area contributed by atoms with E-state index >= 15 is 0 Å². The molecule has 0 unspecified atom stereocenters. The number of nitrogens with zero attached hydrogens (tertiary/aromatic N) is 3. The molecule has 3 aromatic rings. The van der Waals surface area contributed by atoms with Crippen LogP contribution in [0.5, 0.6) is 0 Å². The van der Waals surface area contributed by atoms with E-state index in [-0.39, 0.29) is 33.0 Å². The van der Waals surface area contributed by atoms with Gasteiger partial charge in [-0.1, -0.05) is 102 Å². The molecule has 0 saturated carbocycles. The van der Waals surface area contributed by atoms with Crippen LogP contribution in [0.15, 0.2) is 109 Å². The van der Waals surface area contributed by atoms with Gasteiger partial charge in [0.15, 0.2) is 30.9 Å². The second-order valence-electron chi connectivity index (χ2n) is 13.1. The predicted molar refractivity (Wildman–Crippen MR) is 201 cm³/mol. The van der Waals surface area contributed by atoms with Crippen molar-refractivity contribution in [1.82, 2.24) is 0 Å². The zero-order valence-electron chi connectivity index (χ0n) is 31.9. The van der Waals surface area contributed by atoms with Gasteiger partial charge in [-0.15, -0.1) is 6.58 Å². The molecule has 16 heteroatoms. The van der Waals surface area contributed by atoms with E-state index in [1.807, 2.05) is 91.0 Å². The molecule has 10 atom stereocenters. The fourth-order valence-corrected chi connectivity index (χ4v) is 6.47. The summed E-state index contributed by atoms with van der Waals surface area (Å²) >= 11 is 0. The summed E-state index contributed by atoms with van der Waals surface area (Å²) < 4.78 is 60.9. The van der Waals surface area contributed by atoms with Crippen molar-refractivity contribution in [3.63, 3.8) is 0 Å². The van der Waals surface area contributed by atoms with Gasteiger partial charge in [0.2, 0.25) is 0 Å². The number of hydrogen-bond acceptors (Lipinski definition) is 14. The van der Waals surface area contributed by atoms with Gasteiger partial charge in [0.05, 0.1) is 40.1 Å². The lowest BCUT2D eigenvalue weighted by Crippen LogP contribution is -2.66. The Bertz CT molecular complexity index is 1780. The van der Waals surface area contributed by atoms with Crippen molar-refractivity contribution < 1.29 is 61.8 Å². The molecule has 304 valence electrons. The molecule has 3 aromatic carbocycles. The molecule has 0 N–H and O–H groups in total. The highest BCUT2D eigenvalue weighted by Gasteiger charge is 2.57. The van der Waals surface area contributed by atoms with Crippen molar-refractivity contribution in [2.75, 3.05) is 20.3 Å². The zero-order valence-corrected chi connectivity index (χ0v) is 31.9. The first-order chi connectivity index (χ1) is 27.7. The summed E-state index contributed by atoms with van der Waals surface area (Å²) in [4.78, 5) is 41.7. The molecule has 0 aromatic heterocycles. The van der Waals surface area contributed by atoms with E-state index in [2.05, 4.69) is 16.6 Å². The average Bonchev–Trinajstić information content (AvgIpc) is 3.21. The molecule has 0 aliphatic carbocycles. The van der Waals surface area contributed by atoms with Crippen LogP contribution in [0.1, 0.15) is 30.5 Å². The lowest BCUT2D eigenvalue weighted by Gasteiger charge is -2.48. The normalized spacial score (nSPS) is 27.0. The first-order valence-electron chi connectivity index (χ1n) is 18.3. The molecule has 57 heavy (non-hydrogen) atoms. The number of carbonyl (C=O) groups excluding carboxylic acids is 3. The summed E-state index contributed by atoms with van der Waals surface area (Å²) in [6.07, 6.45) is -10.5. The van der Waals surface area contributed by atoms with Gasteiger partial charge in [-0.25, -0.2) is 4.79 Å². The Morgan fingerprint density at radius 2 is 1.26 bits per heavy atom. The van der Waals surface area contributed by atoms with Gasteiger partial charge in [0, 0.05) is 18.8 Å². The van der Waals surface area contributed by atoms with Gasteiger partial charge >= 0.3 is 17.9 Å². The van der Waals surface area contributed by atoms with Crippen molar-refractivity contribution >= 4 is 17.9 Å². The molecule has 0 amide bonds. The maximum atomic E-state index is 13.4. The lowest BCUT2D eigenvalue weighted by atomic mass is 9.95. The zero-order chi connectivity index (χ0) is 40.6. The third-order valence-corrected chi connectivity index (χ3v) is 8.97. The van der Waals surface area contributed by atoms with E-state index in [1.54, 1.807) is 0 Å². The van der Waals surface area contributed by atoms with Gasteiger partial charge in [-0.3, -0.25) is 9.59 Å². The maximum Gasteiger partial charge on any atom is 0.339 e. The molecule has 5 rings (SSSR count). The highest BCUT2D eigenvalue weighted by atomic mass is 16.8. The van der Waals surface area contributed by atoms with Crippen LogP contribution in [-0.2, 0) is 81.6 Å². The van der Waals surface area contributed by atoms with E-state index in [0.717, 1.165) is 30.7 Å². The fraction of sp³-hybridized carbons (Fsp3) is 0.439. The van der Waals surface area contributed by atoms with Gasteiger partial charge in [-0.05, 0) is 22.2 Å². The Morgan fingerprint density at radius 3 is 1.79 bits per heavy atom. The summed E-state index contributed by atoms with van der Waals surface area (Å²) in [7, 11) is 1.14. The largest absolute Gasteiger partial charge is 0.467 e. The topological polar surface area (TPSA) is 192 Å². The Hall–Kier alpha value is -5.16. The summed E-state index contributed by atoms with van der Waals surface area (Å²) in [5, 5.41) is 4.03. The highest BCUT2D eigenvalue weighted by molar-refractivity contribution is 5.77. The lowest BCUT2D eigenvalue weighted by molar-refractivity contribution is -0.350. The minimum absolute atomic E-state index is 0.0373. The molecule has 2 heterocycles. The molecular formula is C41H47N3O13. The summed E-state index contributed by atoms with van der Waals surface area (Å²) in [6, 6.07) is 26.6. The predicted octanol–water partition coefficient (Wildman–Crippen LogP) is 5.13. The van der Waals surface area contributed by atoms with Crippen LogP contribution in [0.25, 0.3) is 10.4 Å². The van der Waals surface area contributed by atoms with E-state index < -0.39 is 79.3 Å². The Morgan fingerprint density at radius 1 is 0.719 bits per heavy atom. The van der Waals surface area contributed by atoms with Crippen molar-refractivity contribution in [1.29, 1.82) is 0 Å². The first-order valence-corrected chi connectivity index (χ1v) is 18.3. The molecule has 16 nitrogen and oxygen atoms in total. The standard InChI is InChI=1S/C41H47N3O13/c1-5-21-50-40-32(43-44-42)34(51-23-29-17-11-7-12-18-29)33(31(55-40)25-49-22-28-15-9-6-10-16-28)56-41-38(54-27(3)46)35(52-24-30-19-13-8-14-20-30)36(53-26(2)45)37(57-41)39(47)48-4/h5-20,31-38,40-41H,1,21-25H2,2-4H3/t31-,32-,33-,34-,35+,36+,37-,38-,40+,41-/m1/s1. The second-order valence-corrected chi connectivity index (χ2v) is 13.1. The van der Waals surface area contributed by atoms with Crippen LogP contribution in [-0.4, -0.2) is 99.6 Å². The number of rotatable bonds is 19. The van der Waals surface area contributed by atoms with Crippen LogP contribution in [0.4, 0.5) is 0 Å². The van der Waals surface area contributed by atoms with Crippen molar-refractivity contribution in [3.05, 3.63) is 131 Å². The molecule has 0 radical (unpaired) electrons. The molecular weight excluding hydrogens is 742 g/mol. The van der Waals surface area contributed by atoms with E-state index in [0.29, 0.717) is 0 Å². The number of ether oxygens (including phenoxy) is 10. The number of hydrogen-bond donors (Lipinski definition) is 0. The monoisotopic (exact) mass is 789 g/mol. The third kappa shape index (κ3) is 12.2. The van der Waals surface area contributed by atoms with Gasteiger partial charge in [0.1, 0.15) is 30.5 Å². The van der Waals surface area contributed by atoms with Crippen molar-refractivity contribution in [2.24, 2.45) is 5.11 Å². The minimum atomic E-state index is -1.62. The highest BCUT2D eigenvalue weighted by Crippen LogP contribution is 2.36. The molecule has 2 aliphatic rings. The maximum absolute atomic E-state index is 13.4. The van der Waals surface area contributed by atoms with E-state index in [4.69, 9.17) is 47.4 Å². The summed E-state index contributed by atoms with van der Waals surface area (Å²) in [5.74, 6) is -2.44. The van der Waals surface area contributed by atoms with Crippen molar-refractivity contribution in [2.45, 2.75) is 95.0 Å². The average molecular weight is 790 g/mol.